The van der Waals surface area contributed by atoms with Crippen LogP contribution in [-0.4, -0.2) is 18.4 Å². The summed E-state index contributed by atoms with van der Waals surface area (Å²) in [5, 5.41) is 0.387. The van der Waals surface area contributed by atoms with E-state index < -0.39 is 18.4 Å². The highest BCUT2D eigenvalue weighted by Crippen LogP contribution is 1.57. The summed E-state index contributed by atoms with van der Waals surface area (Å²) in [4.78, 5) is 20.8. The van der Waals surface area contributed by atoms with Gasteiger partial charge in [0.25, 0.3) is 0 Å². The molecule has 0 saturated carbocycles. The van der Waals surface area contributed by atoms with Gasteiger partial charge in [0.2, 0.25) is 11.8 Å². The summed E-state index contributed by atoms with van der Waals surface area (Å²) in [5.74, 6) is -1.52. The van der Waals surface area contributed by atoms with E-state index in [0.29, 0.717) is 5.31 Å². The molecule has 0 aliphatic carbocycles. The second-order valence-corrected chi connectivity index (χ2v) is 1.23. The van der Waals surface area contributed by atoms with E-state index >= 15 is 0 Å². The van der Waals surface area contributed by atoms with Gasteiger partial charge in [0.05, 0.1) is 6.54 Å². The van der Waals surface area contributed by atoms with Gasteiger partial charge >= 0.3 is 0 Å². The van der Waals surface area contributed by atoms with E-state index in [1.54, 1.807) is 0 Å². The summed E-state index contributed by atoms with van der Waals surface area (Å²) < 4.78 is 19.7. The Morgan fingerprint density at radius 2 is 2.62 bits per heavy atom. The molecule has 0 aliphatic heterocycles. The zero-order valence-corrected chi connectivity index (χ0v) is 4.42. The number of primary amides is 1. The number of hydrogen-bond acceptors (Lipinski definition) is 2. The summed E-state index contributed by atoms with van der Waals surface area (Å²) in [6.45, 7) is 0.570. The Balaban J connectivity index is 3.85. The van der Waals surface area contributed by atoms with Gasteiger partial charge in [-0.25, -0.2) is 0 Å². The van der Waals surface area contributed by atoms with Gasteiger partial charge in [0.15, 0.2) is 4.24 Å². The number of carbonyl (C=O) groups is 2. The Labute approximate surface area is 51.4 Å². The van der Waals surface area contributed by atoms with E-state index in [0.717, 1.165) is 6.92 Å². The maximum Gasteiger partial charge on any atom is 0.236 e. The van der Waals surface area contributed by atoms with Crippen LogP contribution in [0.25, 0.3) is 0 Å². The third-order valence-electron chi connectivity index (χ3n) is 0.437. The SMILES string of the molecule is [2H]N([2H])C(=O)CN([2H])C(C)=O. The van der Waals surface area contributed by atoms with Crippen molar-refractivity contribution in [3.63, 3.8) is 0 Å². The molecule has 0 aliphatic rings. The van der Waals surface area contributed by atoms with Crippen molar-refractivity contribution in [2.75, 3.05) is 6.54 Å². The standard InChI is InChI=1S/C4H8N2O2/c1-3(7)6-2-4(5)8/h2H2,1H3,(H2,5,8)(H,6,7)/i/hD3. The quantitative estimate of drug-likeness (QED) is 0.469. The van der Waals surface area contributed by atoms with Crippen LogP contribution in [0.1, 0.15) is 6.92 Å². The second kappa shape index (κ2) is 3.01. The zero-order valence-electron chi connectivity index (χ0n) is 7.42. The Bertz CT molecular complexity index is 173. The van der Waals surface area contributed by atoms with Crippen molar-refractivity contribution < 1.29 is 13.8 Å². The summed E-state index contributed by atoms with van der Waals surface area (Å²) in [7, 11) is 0. The van der Waals surface area contributed by atoms with Crippen LogP contribution >= 0.6 is 0 Å². The lowest BCUT2D eigenvalue weighted by molar-refractivity contribution is -0.123. The van der Waals surface area contributed by atoms with E-state index in [1.165, 1.54) is 0 Å². The molecule has 0 bridgehead atoms. The van der Waals surface area contributed by atoms with Crippen molar-refractivity contribution in [2.45, 2.75) is 6.92 Å². The molecule has 0 unspecified atom stereocenters. The lowest BCUT2D eigenvalue weighted by Crippen LogP contribution is -2.31. The smallest absolute Gasteiger partial charge is 0.236 e. The van der Waals surface area contributed by atoms with Gasteiger partial charge in [-0.2, -0.15) is 0 Å². The maximum absolute atomic E-state index is 10.5. The molecule has 4 nitrogen and oxygen atoms in total. The fourth-order valence-corrected chi connectivity index (χ4v) is 0.179. The van der Waals surface area contributed by atoms with E-state index in [4.69, 9.17) is 4.24 Å². The molecule has 8 heavy (non-hydrogen) atoms. The monoisotopic (exact) mass is 119 g/mol. The zero-order chi connectivity index (χ0) is 9.02. The van der Waals surface area contributed by atoms with Crippen LogP contribution in [0.4, 0.5) is 0 Å². The largest absolute Gasteiger partial charge is 0.368 e. The van der Waals surface area contributed by atoms with Gasteiger partial charge in [-0.15, -0.1) is 0 Å². The molecule has 0 aromatic rings. The van der Waals surface area contributed by atoms with Crippen LogP contribution in [0.5, 0.6) is 0 Å². The second-order valence-electron chi connectivity index (χ2n) is 1.23. The molecule has 0 aromatic carbocycles. The predicted octanol–water partition coefficient (Wildman–Crippen LogP) is -1.39. The highest BCUT2D eigenvalue weighted by molar-refractivity contribution is 5.82. The van der Waals surface area contributed by atoms with E-state index in [2.05, 4.69) is 0 Å². The van der Waals surface area contributed by atoms with Crippen LogP contribution in [0.3, 0.4) is 0 Å². The predicted molar refractivity (Wildman–Crippen MR) is 27.9 cm³/mol. The first-order chi connectivity index (χ1) is 4.95. The van der Waals surface area contributed by atoms with Gasteiger partial charge in [-0.3, -0.25) is 9.59 Å². The van der Waals surface area contributed by atoms with Gasteiger partial charge < -0.3 is 11.0 Å². The summed E-state index contributed by atoms with van der Waals surface area (Å²) in [6.07, 6.45) is 0. The minimum absolute atomic E-state index is 0.162. The molecule has 2 amide bonds. The molecule has 46 valence electrons. The Kier molecular flexibility index (Phi) is 1.15. The van der Waals surface area contributed by atoms with Crippen LogP contribution in [-0.2, 0) is 9.59 Å². The molecule has 0 heterocycles. The van der Waals surface area contributed by atoms with Gasteiger partial charge in [-0.05, 0) is 0 Å². The van der Waals surface area contributed by atoms with E-state index in [9.17, 15) is 9.59 Å². The maximum atomic E-state index is 10.5. The Morgan fingerprint density at radius 3 is 3.00 bits per heavy atom. The van der Waals surface area contributed by atoms with Crippen molar-refractivity contribution in [1.82, 2.24) is 5.31 Å². The minimum atomic E-state index is -0.921. The lowest BCUT2D eigenvalue weighted by atomic mass is 10.6. The van der Waals surface area contributed by atoms with E-state index in [1.807, 2.05) is 0 Å². The normalized spacial score (nSPS) is 12.9. The minimum Gasteiger partial charge on any atom is -0.368 e. The van der Waals surface area contributed by atoms with Crippen LogP contribution in [0.2, 0.25) is 4.24 Å². The summed E-state index contributed by atoms with van der Waals surface area (Å²) >= 11 is 0. The molecule has 0 fully saturated rings. The van der Waals surface area contributed by atoms with Crippen molar-refractivity contribution >= 4 is 11.8 Å². The molecule has 0 spiro atoms. The number of amides is 2. The fourth-order valence-electron chi connectivity index (χ4n) is 0.179. The van der Waals surface area contributed by atoms with Crippen molar-refractivity contribution in [1.29, 1.82) is 0 Å². The molecule has 0 atom stereocenters. The van der Waals surface area contributed by atoms with Crippen molar-refractivity contribution in [3.05, 3.63) is 0 Å². The number of carbonyl (C=O) groups excluding carboxylic acids is 2. The van der Waals surface area contributed by atoms with Gasteiger partial charge in [0.1, 0.15) is 0 Å². The highest BCUT2D eigenvalue weighted by Gasteiger charge is 1.92. The molecule has 0 aromatic heterocycles. The first-order valence-electron chi connectivity index (χ1n) is 3.37. The molecule has 0 rings (SSSR count). The number of nitrogens with two attached hydrogens (primary N) is 1. The first-order valence-corrected chi connectivity index (χ1v) is 2.03. The molecular formula is C4H8N2O2. The number of rotatable bonds is 2. The third kappa shape index (κ3) is 4.94. The molecule has 4 heteroatoms. The van der Waals surface area contributed by atoms with E-state index in [-0.39, 0.29) is 5.72 Å². The first kappa shape index (κ1) is 3.06. The molecule has 0 radical (unpaired) electrons. The summed E-state index contributed by atoms with van der Waals surface area (Å²) in [5.41, 5.74) is -0.162. The third-order valence-corrected chi connectivity index (χ3v) is 0.437. The molecule has 0 saturated heterocycles. The van der Waals surface area contributed by atoms with Gasteiger partial charge in [-0.1, -0.05) is 0 Å². The fraction of sp³-hybridized carbons (Fsp3) is 0.500. The van der Waals surface area contributed by atoms with Crippen molar-refractivity contribution in [3.8, 4) is 0 Å². The Morgan fingerprint density at radius 1 is 2.00 bits per heavy atom. The lowest BCUT2D eigenvalue weighted by Gasteiger charge is -1.93. The highest BCUT2D eigenvalue weighted by atomic mass is 16.2. The molecular weight excluding hydrogens is 108 g/mol. The number of hydrogen-bond donors (Lipinski definition) is 2. The summed E-state index contributed by atoms with van der Waals surface area (Å²) in [6, 6.07) is 0. The van der Waals surface area contributed by atoms with Gasteiger partial charge in [0, 0.05) is 6.92 Å². The average molecular weight is 119 g/mol. The average Bonchev–Trinajstić information content (AvgIpc) is 1.87. The topological polar surface area (TPSA) is 72.2 Å². The van der Waals surface area contributed by atoms with Crippen molar-refractivity contribution in [2.24, 2.45) is 5.72 Å². The number of nitrogens with one attached hydrogen (secondary N) is 1. The van der Waals surface area contributed by atoms with Crippen LogP contribution in [0, 0.1) is 0 Å². The molecule has 3 N–H and O–H groups in total. The Hall–Kier alpha value is -1.06. The van der Waals surface area contributed by atoms with Crippen LogP contribution < -0.4 is 11.0 Å². The van der Waals surface area contributed by atoms with Crippen LogP contribution in [0.15, 0.2) is 0 Å².